The van der Waals surface area contributed by atoms with Crippen molar-refractivity contribution in [3.05, 3.63) is 65.5 Å². The number of anilines is 1. The van der Waals surface area contributed by atoms with Crippen molar-refractivity contribution in [3.63, 3.8) is 0 Å². The Hall–Kier alpha value is -2.66. The van der Waals surface area contributed by atoms with Crippen molar-refractivity contribution in [1.29, 1.82) is 0 Å². The maximum absolute atomic E-state index is 5.19. The van der Waals surface area contributed by atoms with Crippen LogP contribution in [0, 0.1) is 0 Å². The van der Waals surface area contributed by atoms with Crippen LogP contribution in [0.5, 0.6) is 5.75 Å². The Morgan fingerprint density at radius 2 is 1.88 bits per heavy atom. The number of hydrogen-bond acceptors (Lipinski definition) is 5. The normalized spacial score (nSPS) is 11.4. The molecular formula is C20H21N3OS. The summed E-state index contributed by atoms with van der Waals surface area (Å²) in [6, 6.07) is 18.1. The van der Waals surface area contributed by atoms with Gasteiger partial charge in [-0.15, -0.1) is 11.3 Å². The van der Waals surface area contributed by atoms with Gasteiger partial charge in [-0.3, -0.25) is 5.43 Å². The molecule has 5 heteroatoms. The van der Waals surface area contributed by atoms with Gasteiger partial charge in [0.25, 0.3) is 0 Å². The average molecular weight is 351 g/mol. The number of thiazole rings is 1. The number of hydrazone groups is 1. The summed E-state index contributed by atoms with van der Waals surface area (Å²) in [6.45, 7) is 2.16. The molecule has 0 unspecified atom stereocenters. The van der Waals surface area contributed by atoms with Crippen LogP contribution < -0.4 is 10.2 Å². The number of rotatable bonds is 7. The third-order valence-corrected chi connectivity index (χ3v) is 4.52. The molecule has 2 aromatic carbocycles. The van der Waals surface area contributed by atoms with Crippen molar-refractivity contribution in [3.8, 4) is 17.0 Å². The first-order valence-electron chi connectivity index (χ1n) is 8.28. The SMILES string of the molecule is CCC/C(=N/Nc1nc(-c2ccc(OC)cc2)cs1)c1ccccc1. The lowest BCUT2D eigenvalue weighted by Crippen LogP contribution is -2.04. The Morgan fingerprint density at radius 3 is 2.56 bits per heavy atom. The minimum Gasteiger partial charge on any atom is -0.497 e. The first kappa shape index (κ1) is 17.2. The predicted molar refractivity (Wildman–Crippen MR) is 106 cm³/mol. The molecule has 0 bridgehead atoms. The molecular weight excluding hydrogens is 330 g/mol. The standard InChI is InChI=1S/C20H21N3OS/c1-3-7-18(15-8-5-4-6-9-15)22-23-20-21-19(14-25-20)16-10-12-17(24-2)13-11-16/h4-6,8-14H,3,7H2,1-2H3,(H,21,23)/b22-18-. The van der Waals surface area contributed by atoms with E-state index in [0.717, 1.165) is 46.3 Å². The van der Waals surface area contributed by atoms with Gasteiger partial charge in [-0.25, -0.2) is 4.98 Å². The average Bonchev–Trinajstić information content (AvgIpc) is 3.15. The quantitative estimate of drug-likeness (QED) is 0.456. The molecule has 0 aliphatic heterocycles. The molecule has 1 aromatic heterocycles. The third-order valence-electron chi connectivity index (χ3n) is 3.77. The van der Waals surface area contributed by atoms with Crippen LogP contribution >= 0.6 is 11.3 Å². The highest BCUT2D eigenvalue weighted by molar-refractivity contribution is 7.14. The third kappa shape index (κ3) is 4.45. The second kappa shape index (κ2) is 8.44. The molecule has 128 valence electrons. The lowest BCUT2D eigenvalue weighted by Gasteiger charge is -2.05. The van der Waals surface area contributed by atoms with Gasteiger partial charge < -0.3 is 4.74 Å². The molecule has 1 heterocycles. The number of nitrogens with one attached hydrogen (secondary N) is 1. The molecule has 1 N–H and O–H groups in total. The van der Waals surface area contributed by atoms with Crippen molar-refractivity contribution < 1.29 is 4.74 Å². The molecule has 0 saturated heterocycles. The second-order valence-corrected chi connectivity index (χ2v) is 6.41. The molecule has 0 aliphatic rings. The van der Waals surface area contributed by atoms with Gasteiger partial charge in [0, 0.05) is 10.9 Å². The van der Waals surface area contributed by atoms with Crippen LogP contribution in [0.25, 0.3) is 11.3 Å². The Bertz CT molecular complexity index is 826. The first-order chi connectivity index (χ1) is 12.3. The van der Waals surface area contributed by atoms with Crippen LogP contribution in [-0.4, -0.2) is 17.8 Å². The molecule has 0 spiro atoms. The zero-order valence-corrected chi connectivity index (χ0v) is 15.2. The van der Waals surface area contributed by atoms with Gasteiger partial charge in [0.15, 0.2) is 0 Å². The van der Waals surface area contributed by atoms with E-state index in [2.05, 4.69) is 34.6 Å². The van der Waals surface area contributed by atoms with E-state index in [4.69, 9.17) is 4.74 Å². The van der Waals surface area contributed by atoms with Gasteiger partial charge in [0.2, 0.25) is 5.13 Å². The summed E-state index contributed by atoms with van der Waals surface area (Å²) in [5, 5.41) is 7.40. The van der Waals surface area contributed by atoms with Gasteiger partial charge in [-0.1, -0.05) is 43.7 Å². The summed E-state index contributed by atoms with van der Waals surface area (Å²) in [6.07, 6.45) is 1.97. The van der Waals surface area contributed by atoms with Crippen LogP contribution in [0.4, 0.5) is 5.13 Å². The summed E-state index contributed by atoms with van der Waals surface area (Å²) in [4.78, 5) is 4.62. The van der Waals surface area contributed by atoms with Crippen LogP contribution in [0.15, 0.2) is 65.1 Å². The van der Waals surface area contributed by atoms with Crippen LogP contribution in [0.2, 0.25) is 0 Å². The van der Waals surface area contributed by atoms with E-state index in [1.54, 1.807) is 18.4 Å². The maximum Gasteiger partial charge on any atom is 0.203 e. The lowest BCUT2D eigenvalue weighted by molar-refractivity contribution is 0.415. The highest BCUT2D eigenvalue weighted by atomic mass is 32.1. The number of methoxy groups -OCH3 is 1. The summed E-state index contributed by atoms with van der Waals surface area (Å²) in [7, 11) is 1.67. The smallest absolute Gasteiger partial charge is 0.203 e. The number of nitrogens with zero attached hydrogens (tertiary/aromatic N) is 2. The van der Waals surface area contributed by atoms with Gasteiger partial charge in [0.05, 0.1) is 18.5 Å². The molecule has 0 amide bonds. The zero-order chi connectivity index (χ0) is 17.5. The molecule has 4 nitrogen and oxygen atoms in total. The fraction of sp³-hybridized carbons (Fsp3) is 0.200. The first-order valence-corrected chi connectivity index (χ1v) is 9.16. The topological polar surface area (TPSA) is 46.5 Å². The number of aromatic nitrogens is 1. The van der Waals surface area contributed by atoms with E-state index in [1.807, 2.05) is 47.8 Å². The maximum atomic E-state index is 5.19. The highest BCUT2D eigenvalue weighted by Gasteiger charge is 2.06. The number of hydrogen-bond donors (Lipinski definition) is 1. The van der Waals surface area contributed by atoms with Crippen LogP contribution in [-0.2, 0) is 0 Å². The van der Waals surface area contributed by atoms with Gasteiger partial charge in [-0.2, -0.15) is 5.10 Å². The molecule has 25 heavy (non-hydrogen) atoms. The molecule has 3 rings (SSSR count). The summed E-state index contributed by atoms with van der Waals surface area (Å²) in [5.41, 5.74) is 7.29. The Kier molecular flexibility index (Phi) is 5.80. The minimum absolute atomic E-state index is 0.787. The Labute approximate surface area is 152 Å². The largest absolute Gasteiger partial charge is 0.497 e. The molecule has 0 radical (unpaired) electrons. The summed E-state index contributed by atoms with van der Waals surface area (Å²) >= 11 is 1.55. The monoisotopic (exact) mass is 351 g/mol. The van der Waals surface area contributed by atoms with Crippen LogP contribution in [0.1, 0.15) is 25.3 Å². The highest BCUT2D eigenvalue weighted by Crippen LogP contribution is 2.26. The van der Waals surface area contributed by atoms with E-state index in [9.17, 15) is 0 Å². The molecule has 0 aliphatic carbocycles. The van der Waals surface area contributed by atoms with E-state index in [-0.39, 0.29) is 0 Å². The van der Waals surface area contributed by atoms with E-state index >= 15 is 0 Å². The summed E-state index contributed by atoms with van der Waals surface area (Å²) in [5.74, 6) is 0.842. The van der Waals surface area contributed by atoms with Gasteiger partial charge in [-0.05, 0) is 36.2 Å². The fourth-order valence-corrected chi connectivity index (χ4v) is 3.13. The van der Waals surface area contributed by atoms with Gasteiger partial charge >= 0.3 is 0 Å². The van der Waals surface area contributed by atoms with Crippen LogP contribution in [0.3, 0.4) is 0 Å². The zero-order valence-electron chi connectivity index (χ0n) is 14.4. The van der Waals surface area contributed by atoms with Crippen molar-refractivity contribution in [2.75, 3.05) is 12.5 Å². The predicted octanol–water partition coefficient (Wildman–Crippen LogP) is 5.44. The fourth-order valence-electron chi connectivity index (χ4n) is 2.47. The van der Waals surface area contributed by atoms with Crippen molar-refractivity contribution in [1.82, 2.24) is 4.98 Å². The van der Waals surface area contributed by atoms with Gasteiger partial charge in [0.1, 0.15) is 5.75 Å². The number of ether oxygens (including phenoxy) is 1. The molecule has 3 aromatic rings. The number of benzene rings is 2. The minimum atomic E-state index is 0.787. The molecule has 0 atom stereocenters. The van der Waals surface area contributed by atoms with E-state index in [1.165, 1.54) is 0 Å². The lowest BCUT2D eigenvalue weighted by atomic mass is 10.1. The van der Waals surface area contributed by atoms with E-state index < -0.39 is 0 Å². The van der Waals surface area contributed by atoms with Crippen molar-refractivity contribution >= 4 is 22.2 Å². The second-order valence-electron chi connectivity index (χ2n) is 5.55. The Balaban J connectivity index is 1.75. The molecule has 0 saturated carbocycles. The molecule has 0 fully saturated rings. The summed E-state index contributed by atoms with van der Waals surface area (Å²) < 4.78 is 5.19. The van der Waals surface area contributed by atoms with E-state index in [0.29, 0.717) is 0 Å². The Morgan fingerprint density at radius 1 is 1.12 bits per heavy atom. The van der Waals surface area contributed by atoms with Crippen molar-refractivity contribution in [2.24, 2.45) is 5.10 Å². The van der Waals surface area contributed by atoms with Crippen molar-refractivity contribution in [2.45, 2.75) is 19.8 Å².